The van der Waals surface area contributed by atoms with Gasteiger partial charge in [0.25, 0.3) is 0 Å². The van der Waals surface area contributed by atoms with Crippen molar-refractivity contribution in [2.45, 2.75) is 31.7 Å². The summed E-state index contributed by atoms with van der Waals surface area (Å²) in [7, 11) is 0. The van der Waals surface area contributed by atoms with Gasteiger partial charge in [0.1, 0.15) is 0 Å². The smallest absolute Gasteiger partial charge is 0.410 e. The van der Waals surface area contributed by atoms with Gasteiger partial charge in [0.05, 0.1) is 12.5 Å². The maximum atomic E-state index is 11.5. The maximum absolute atomic E-state index is 11.5. The van der Waals surface area contributed by atoms with Crippen LogP contribution in [0.1, 0.15) is 25.7 Å². The SMILES string of the molecule is O=C(O)[C@@H]1CCC[C@@H]1N1CCCOC1=O. The molecule has 1 N–H and O–H groups in total. The summed E-state index contributed by atoms with van der Waals surface area (Å²) in [6.07, 6.45) is 2.79. The maximum Gasteiger partial charge on any atom is 0.410 e. The van der Waals surface area contributed by atoms with Crippen LogP contribution >= 0.6 is 0 Å². The summed E-state index contributed by atoms with van der Waals surface area (Å²) >= 11 is 0. The molecular formula is C10H15NO4. The zero-order valence-corrected chi connectivity index (χ0v) is 8.52. The number of carbonyl (C=O) groups is 2. The van der Waals surface area contributed by atoms with E-state index < -0.39 is 11.9 Å². The fraction of sp³-hybridized carbons (Fsp3) is 0.800. The lowest BCUT2D eigenvalue weighted by atomic mass is 10.0. The summed E-state index contributed by atoms with van der Waals surface area (Å²) in [6, 6.07) is -0.157. The van der Waals surface area contributed by atoms with Crippen molar-refractivity contribution in [1.29, 1.82) is 0 Å². The molecule has 0 spiro atoms. The lowest BCUT2D eigenvalue weighted by molar-refractivity contribution is -0.143. The van der Waals surface area contributed by atoms with Crippen molar-refractivity contribution in [2.24, 2.45) is 5.92 Å². The molecule has 1 saturated heterocycles. The van der Waals surface area contributed by atoms with Crippen LogP contribution < -0.4 is 0 Å². The van der Waals surface area contributed by atoms with E-state index in [1.54, 1.807) is 4.90 Å². The number of carboxylic acid groups (broad SMARTS) is 1. The van der Waals surface area contributed by atoms with Gasteiger partial charge >= 0.3 is 12.1 Å². The van der Waals surface area contributed by atoms with Crippen LogP contribution in [0.2, 0.25) is 0 Å². The average molecular weight is 213 g/mol. The molecule has 84 valence electrons. The monoisotopic (exact) mass is 213 g/mol. The molecule has 15 heavy (non-hydrogen) atoms. The van der Waals surface area contributed by atoms with Crippen LogP contribution in [0.3, 0.4) is 0 Å². The number of cyclic esters (lactones) is 1. The molecule has 2 rings (SSSR count). The summed E-state index contributed by atoms with van der Waals surface area (Å²) in [5, 5.41) is 9.02. The van der Waals surface area contributed by atoms with E-state index in [9.17, 15) is 9.59 Å². The summed E-state index contributed by atoms with van der Waals surface area (Å²) in [6.45, 7) is 1.09. The van der Waals surface area contributed by atoms with Crippen molar-refractivity contribution >= 4 is 12.1 Å². The summed E-state index contributed by atoms with van der Waals surface area (Å²) in [5.74, 6) is -1.20. The fourth-order valence-electron chi connectivity index (χ4n) is 2.47. The van der Waals surface area contributed by atoms with Gasteiger partial charge < -0.3 is 14.7 Å². The second kappa shape index (κ2) is 4.08. The molecule has 2 aliphatic rings. The molecule has 5 nitrogen and oxygen atoms in total. The molecule has 2 atom stereocenters. The predicted molar refractivity (Wildman–Crippen MR) is 51.4 cm³/mol. The van der Waals surface area contributed by atoms with Crippen molar-refractivity contribution < 1.29 is 19.4 Å². The van der Waals surface area contributed by atoms with Crippen molar-refractivity contribution in [3.63, 3.8) is 0 Å². The molecule has 1 amide bonds. The van der Waals surface area contributed by atoms with E-state index in [1.165, 1.54) is 0 Å². The minimum absolute atomic E-state index is 0.157. The van der Waals surface area contributed by atoms with Crippen LogP contribution in [0.25, 0.3) is 0 Å². The van der Waals surface area contributed by atoms with Crippen LogP contribution in [0, 0.1) is 5.92 Å². The molecule has 0 bridgehead atoms. The molecule has 0 aromatic rings. The van der Waals surface area contributed by atoms with E-state index in [0.29, 0.717) is 19.6 Å². The van der Waals surface area contributed by atoms with Crippen LogP contribution in [0.4, 0.5) is 4.79 Å². The molecule has 0 aromatic heterocycles. The Bertz CT molecular complexity index is 279. The number of carboxylic acids is 1. The molecular weight excluding hydrogens is 198 g/mol. The van der Waals surface area contributed by atoms with Gasteiger partial charge in [-0.3, -0.25) is 4.79 Å². The first-order chi connectivity index (χ1) is 7.20. The van der Waals surface area contributed by atoms with E-state index in [0.717, 1.165) is 19.3 Å². The third-order valence-corrected chi connectivity index (χ3v) is 3.20. The lowest BCUT2D eigenvalue weighted by Crippen LogP contribution is -2.47. The Morgan fingerprint density at radius 1 is 1.40 bits per heavy atom. The van der Waals surface area contributed by atoms with Gasteiger partial charge in [-0.05, 0) is 19.3 Å². The standard InChI is InChI=1S/C10H15NO4/c12-9(13)7-3-1-4-8(7)11-5-2-6-15-10(11)14/h7-8H,1-6H2,(H,12,13)/t7-,8+/m1/s1. The van der Waals surface area contributed by atoms with Crippen LogP contribution in [0.5, 0.6) is 0 Å². The van der Waals surface area contributed by atoms with Gasteiger partial charge in [0.15, 0.2) is 0 Å². The second-order valence-corrected chi connectivity index (χ2v) is 4.10. The largest absolute Gasteiger partial charge is 0.481 e. The van der Waals surface area contributed by atoms with Crippen molar-refractivity contribution in [3.8, 4) is 0 Å². The minimum Gasteiger partial charge on any atom is -0.481 e. The van der Waals surface area contributed by atoms with Crippen LogP contribution in [0.15, 0.2) is 0 Å². The van der Waals surface area contributed by atoms with Gasteiger partial charge in [-0.2, -0.15) is 0 Å². The van der Waals surface area contributed by atoms with E-state index >= 15 is 0 Å². The third kappa shape index (κ3) is 1.91. The number of aliphatic carboxylic acids is 1. The third-order valence-electron chi connectivity index (χ3n) is 3.20. The summed E-state index contributed by atoms with van der Waals surface area (Å²) < 4.78 is 4.93. The molecule has 1 aliphatic heterocycles. The normalized spacial score (nSPS) is 31.5. The molecule has 5 heteroatoms. The Morgan fingerprint density at radius 2 is 2.20 bits per heavy atom. The molecule has 1 saturated carbocycles. The zero-order valence-electron chi connectivity index (χ0n) is 8.52. The number of ether oxygens (including phenoxy) is 1. The van der Waals surface area contributed by atoms with Crippen LogP contribution in [-0.4, -0.2) is 41.3 Å². The van der Waals surface area contributed by atoms with Gasteiger partial charge in [0, 0.05) is 12.6 Å². The van der Waals surface area contributed by atoms with Crippen molar-refractivity contribution in [2.75, 3.05) is 13.2 Å². The molecule has 1 aliphatic carbocycles. The summed E-state index contributed by atoms with van der Waals surface area (Å²) in [5.41, 5.74) is 0. The van der Waals surface area contributed by atoms with Gasteiger partial charge in [-0.25, -0.2) is 4.79 Å². The van der Waals surface area contributed by atoms with Gasteiger partial charge in [0.2, 0.25) is 0 Å². The lowest BCUT2D eigenvalue weighted by Gasteiger charge is -2.33. The van der Waals surface area contributed by atoms with Crippen molar-refractivity contribution in [1.82, 2.24) is 4.90 Å². The van der Waals surface area contributed by atoms with Gasteiger partial charge in [-0.15, -0.1) is 0 Å². The van der Waals surface area contributed by atoms with E-state index in [1.807, 2.05) is 0 Å². The topological polar surface area (TPSA) is 66.8 Å². The van der Waals surface area contributed by atoms with Crippen LogP contribution in [-0.2, 0) is 9.53 Å². The second-order valence-electron chi connectivity index (χ2n) is 4.10. The first-order valence-corrected chi connectivity index (χ1v) is 5.36. The molecule has 2 fully saturated rings. The van der Waals surface area contributed by atoms with Gasteiger partial charge in [-0.1, -0.05) is 6.42 Å². The fourth-order valence-corrected chi connectivity index (χ4v) is 2.47. The first kappa shape index (κ1) is 10.3. The van der Waals surface area contributed by atoms with E-state index in [4.69, 9.17) is 9.84 Å². The predicted octanol–water partition coefficient (Wildman–Crippen LogP) is 1.08. The average Bonchev–Trinajstić information content (AvgIpc) is 2.67. The Kier molecular flexibility index (Phi) is 2.79. The molecule has 0 aromatic carbocycles. The quantitative estimate of drug-likeness (QED) is 0.745. The number of hydrogen-bond acceptors (Lipinski definition) is 3. The number of hydrogen-bond donors (Lipinski definition) is 1. The zero-order chi connectivity index (χ0) is 10.8. The highest BCUT2D eigenvalue weighted by Crippen LogP contribution is 2.31. The Hall–Kier alpha value is -1.26. The molecule has 0 unspecified atom stereocenters. The number of carbonyl (C=O) groups excluding carboxylic acids is 1. The molecule has 1 heterocycles. The number of amides is 1. The Balaban J connectivity index is 2.07. The Morgan fingerprint density at radius 3 is 2.87 bits per heavy atom. The highest BCUT2D eigenvalue weighted by atomic mass is 16.6. The first-order valence-electron chi connectivity index (χ1n) is 5.36. The Labute approximate surface area is 88.0 Å². The van der Waals surface area contributed by atoms with E-state index in [2.05, 4.69) is 0 Å². The summed E-state index contributed by atoms with van der Waals surface area (Å²) in [4.78, 5) is 24.0. The highest BCUT2D eigenvalue weighted by molar-refractivity contribution is 5.74. The number of rotatable bonds is 2. The highest BCUT2D eigenvalue weighted by Gasteiger charge is 2.40. The van der Waals surface area contributed by atoms with Crippen molar-refractivity contribution in [3.05, 3.63) is 0 Å². The number of nitrogens with zero attached hydrogens (tertiary/aromatic N) is 1. The van der Waals surface area contributed by atoms with E-state index in [-0.39, 0.29) is 12.1 Å². The molecule has 0 radical (unpaired) electrons. The minimum atomic E-state index is -0.795.